The van der Waals surface area contributed by atoms with Gasteiger partial charge in [-0.15, -0.1) is 0 Å². The average molecular weight is 354 g/mol. The highest BCUT2D eigenvalue weighted by molar-refractivity contribution is 14.1. The molecule has 0 spiro atoms. The van der Waals surface area contributed by atoms with Crippen molar-refractivity contribution < 1.29 is 9.18 Å². The van der Waals surface area contributed by atoms with Crippen LogP contribution in [0.3, 0.4) is 0 Å². The third-order valence-electron chi connectivity index (χ3n) is 2.83. The number of hydrogen-bond acceptors (Lipinski definition) is 1. The fourth-order valence-electron chi connectivity index (χ4n) is 1.74. The number of aryl methyl sites for hydroxylation is 1. The second-order valence-electron chi connectivity index (χ2n) is 4.18. The molecule has 3 heteroatoms. The lowest BCUT2D eigenvalue weighted by Gasteiger charge is -2.05. The highest BCUT2D eigenvalue weighted by atomic mass is 127. The van der Waals surface area contributed by atoms with E-state index in [0.29, 0.717) is 5.56 Å². The number of benzene rings is 2. The summed E-state index contributed by atoms with van der Waals surface area (Å²) < 4.78 is 14.2. The van der Waals surface area contributed by atoms with E-state index in [1.165, 1.54) is 12.1 Å². The molecule has 0 atom stereocenters. The summed E-state index contributed by atoms with van der Waals surface area (Å²) in [6, 6.07) is 11.9. The highest BCUT2D eigenvalue weighted by Gasteiger charge is 2.09. The van der Waals surface area contributed by atoms with Crippen LogP contribution in [-0.2, 0) is 6.42 Å². The Labute approximate surface area is 119 Å². The van der Waals surface area contributed by atoms with Gasteiger partial charge in [0.15, 0.2) is 5.78 Å². The lowest BCUT2D eigenvalue weighted by Crippen LogP contribution is -2.05. The van der Waals surface area contributed by atoms with Gasteiger partial charge in [0.05, 0.1) is 0 Å². The molecule has 0 N–H and O–H groups in total. The van der Waals surface area contributed by atoms with E-state index >= 15 is 0 Å². The van der Waals surface area contributed by atoms with Gasteiger partial charge < -0.3 is 0 Å². The van der Waals surface area contributed by atoms with Crippen molar-refractivity contribution >= 4 is 28.4 Å². The molecule has 0 aromatic heterocycles. The van der Waals surface area contributed by atoms with Crippen molar-refractivity contribution in [1.29, 1.82) is 0 Å². The van der Waals surface area contributed by atoms with Crippen molar-refractivity contribution in [3.63, 3.8) is 0 Å². The van der Waals surface area contributed by atoms with Gasteiger partial charge in [-0.25, -0.2) is 4.39 Å². The molecular weight excluding hydrogens is 342 g/mol. The number of Topliss-reactive ketones (excluding diaryl/α,β-unsaturated/α-hetero) is 1. The Morgan fingerprint density at radius 3 is 2.50 bits per heavy atom. The Balaban J connectivity index is 2.21. The molecule has 2 aromatic rings. The van der Waals surface area contributed by atoms with Crippen LogP contribution in [-0.4, -0.2) is 5.78 Å². The standard InChI is InChI=1S/C15H12FIO/c1-10-2-5-13(16)8-12(10)9-15(18)11-3-6-14(17)7-4-11/h2-8H,9H2,1H3. The van der Waals surface area contributed by atoms with Gasteiger partial charge in [0, 0.05) is 15.6 Å². The zero-order valence-electron chi connectivity index (χ0n) is 9.91. The van der Waals surface area contributed by atoms with Crippen molar-refractivity contribution in [3.05, 3.63) is 68.5 Å². The molecule has 0 saturated heterocycles. The minimum Gasteiger partial charge on any atom is -0.294 e. The summed E-state index contributed by atoms with van der Waals surface area (Å²) in [6.07, 6.45) is 0.240. The molecule has 0 fully saturated rings. The van der Waals surface area contributed by atoms with E-state index in [4.69, 9.17) is 0 Å². The first-order valence-corrected chi connectivity index (χ1v) is 6.68. The Bertz CT molecular complexity index is 576. The zero-order chi connectivity index (χ0) is 13.1. The van der Waals surface area contributed by atoms with Crippen LogP contribution in [0.5, 0.6) is 0 Å². The van der Waals surface area contributed by atoms with Crippen molar-refractivity contribution in [2.75, 3.05) is 0 Å². The minimum absolute atomic E-state index is 0.0140. The fourth-order valence-corrected chi connectivity index (χ4v) is 2.10. The molecule has 0 bridgehead atoms. The number of carbonyl (C=O) groups is 1. The summed E-state index contributed by atoms with van der Waals surface area (Å²) >= 11 is 2.19. The van der Waals surface area contributed by atoms with Gasteiger partial charge in [0.2, 0.25) is 0 Å². The van der Waals surface area contributed by atoms with Gasteiger partial charge in [0.25, 0.3) is 0 Å². The van der Waals surface area contributed by atoms with Crippen LogP contribution in [0.1, 0.15) is 21.5 Å². The van der Waals surface area contributed by atoms with E-state index < -0.39 is 0 Å². The van der Waals surface area contributed by atoms with Crippen LogP contribution in [0, 0.1) is 16.3 Å². The molecule has 18 heavy (non-hydrogen) atoms. The normalized spacial score (nSPS) is 10.4. The maximum atomic E-state index is 13.1. The second-order valence-corrected chi connectivity index (χ2v) is 5.42. The predicted octanol–water partition coefficient (Wildman–Crippen LogP) is 4.16. The SMILES string of the molecule is Cc1ccc(F)cc1CC(=O)c1ccc(I)cc1. The Morgan fingerprint density at radius 1 is 1.17 bits per heavy atom. The molecule has 2 aromatic carbocycles. The predicted molar refractivity (Wildman–Crippen MR) is 78.3 cm³/mol. The second kappa shape index (κ2) is 5.61. The molecule has 0 radical (unpaired) electrons. The molecule has 0 heterocycles. The summed E-state index contributed by atoms with van der Waals surface area (Å²) in [5.74, 6) is -0.286. The van der Waals surface area contributed by atoms with Crippen LogP contribution in [0.15, 0.2) is 42.5 Å². The summed E-state index contributed by atoms with van der Waals surface area (Å²) in [5, 5.41) is 0. The third-order valence-corrected chi connectivity index (χ3v) is 3.55. The Morgan fingerprint density at radius 2 is 1.83 bits per heavy atom. The summed E-state index contributed by atoms with van der Waals surface area (Å²) in [6.45, 7) is 1.88. The molecule has 0 amide bonds. The lowest BCUT2D eigenvalue weighted by molar-refractivity contribution is 0.0992. The molecule has 0 aliphatic rings. The molecule has 0 aliphatic heterocycles. The van der Waals surface area contributed by atoms with Gasteiger partial charge in [-0.2, -0.15) is 0 Å². The molecule has 0 unspecified atom stereocenters. The van der Waals surface area contributed by atoms with Gasteiger partial charge in [0.1, 0.15) is 5.82 Å². The van der Waals surface area contributed by atoms with E-state index in [2.05, 4.69) is 22.6 Å². The molecule has 1 nitrogen and oxygen atoms in total. The van der Waals surface area contributed by atoms with E-state index in [0.717, 1.165) is 14.7 Å². The Kier molecular flexibility index (Phi) is 4.11. The van der Waals surface area contributed by atoms with Gasteiger partial charge >= 0.3 is 0 Å². The molecule has 2 rings (SSSR count). The van der Waals surface area contributed by atoms with Crippen molar-refractivity contribution in [3.8, 4) is 0 Å². The number of carbonyl (C=O) groups excluding carboxylic acids is 1. The van der Waals surface area contributed by atoms with Gasteiger partial charge in [-0.1, -0.05) is 18.2 Å². The first-order chi connectivity index (χ1) is 8.56. The van der Waals surface area contributed by atoms with Gasteiger partial charge in [-0.05, 0) is 64.9 Å². The molecule has 92 valence electrons. The maximum absolute atomic E-state index is 13.1. The minimum atomic E-state index is -0.300. The van der Waals surface area contributed by atoms with E-state index in [9.17, 15) is 9.18 Å². The lowest BCUT2D eigenvalue weighted by atomic mass is 9.99. The third kappa shape index (κ3) is 3.16. The Hall–Kier alpha value is -1.23. The zero-order valence-corrected chi connectivity index (χ0v) is 12.1. The first-order valence-electron chi connectivity index (χ1n) is 5.60. The topological polar surface area (TPSA) is 17.1 Å². The monoisotopic (exact) mass is 354 g/mol. The molecule has 0 aliphatic carbocycles. The van der Waals surface area contributed by atoms with E-state index in [1.807, 2.05) is 19.1 Å². The van der Waals surface area contributed by atoms with Crippen LogP contribution in [0.2, 0.25) is 0 Å². The van der Waals surface area contributed by atoms with Crippen LogP contribution < -0.4 is 0 Å². The van der Waals surface area contributed by atoms with Gasteiger partial charge in [-0.3, -0.25) is 4.79 Å². The smallest absolute Gasteiger partial charge is 0.167 e. The van der Waals surface area contributed by atoms with E-state index in [-0.39, 0.29) is 18.0 Å². The first kappa shape index (κ1) is 13.2. The summed E-state index contributed by atoms with van der Waals surface area (Å²) in [7, 11) is 0. The van der Waals surface area contributed by atoms with Crippen LogP contribution >= 0.6 is 22.6 Å². The van der Waals surface area contributed by atoms with Crippen molar-refractivity contribution in [2.24, 2.45) is 0 Å². The van der Waals surface area contributed by atoms with Crippen molar-refractivity contribution in [2.45, 2.75) is 13.3 Å². The van der Waals surface area contributed by atoms with Crippen LogP contribution in [0.25, 0.3) is 0 Å². The largest absolute Gasteiger partial charge is 0.294 e. The van der Waals surface area contributed by atoms with Crippen molar-refractivity contribution in [1.82, 2.24) is 0 Å². The summed E-state index contributed by atoms with van der Waals surface area (Å²) in [4.78, 5) is 12.1. The van der Waals surface area contributed by atoms with Crippen LogP contribution in [0.4, 0.5) is 4.39 Å². The number of rotatable bonds is 3. The molecular formula is C15H12FIO. The van der Waals surface area contributed by atoms with E-state index in [1.54, 1.807) is 18.2 Å². The number of halogens is 2. The average Bonchev–Trinajstić information content (AvgIpc) is 2.34. The molecule has 0 saturated carbocycles. The summed E-state index contributed by atoms with van der Waals surface area (Å²) in [5.41, 5.74) is 2.35. The maximum Gasteiger partial charge on any atom is 0.167 e. The quantitative estimate of drug-likeness (QED) is 0.598. The number of hydrogen-bond donors (Lipinski definition) is 0. The number of ketones is 1. The highest BCUT2D eigenvalue weighted by Crippen LogP contribution is 2.14. The fraction of sp³-hybridized carbons (Fsp3) is 0.133.